The number of fused-ring (bicyclic) bond motifs is 1. The van der Waals surface area contributed by atoms with E-state index in [9.17, 15) is 4.79 Å². The second-order valence-corrected chi connectivity index (χ2v) is 4.73. The van der Waals surface area contributed by atoms with Crippen LogP contribution in [0.3, 0.4) is 0 Å². The van der Waals surface area contributed by atoms with Gasteiger partial charge in [-0.05, 0) is 12.1 Å². The molecule has 2 aromatic rings. The average Bonchev–Trinajstić information content (AvgIpc) is 2.48. The maximum absolute atomic E-state index is 12.2. The normalized spacial score (nSPS) is 16.8. The smallest absolute Gasteiger partial charge is 0.277 e. The third-order valence-electron chi connectivity index (χ3n) is 3.47. The van der Waals surface area contributed by atoms with Gasteiger partial charge in [-0.25, -0.2) is 4.68 Å². The van der Waals surface area contributed by atoms with Crippen LogP contribution in [0.1, 0.15) is 0 Å². The number of rotatable bonds is 3. The highest BCUT2D eigenvalue weighted by atomic mass is 16.1. The number of hydrogen-bond acceptors (Lipinski definition) is 5. The highest BCUT2D eigenvalue weighted by molar-refractivity contribution is 5.76. The Morgan fingerprint density at radius 2 is 1.95 bits per heavy atom. The van der Waals surface area contributed by atoms with Crippen LogP contribution < -0.4 is 10.9 Å². The van der Waals surface area contributed by atoms with Gasteiger partial charge in [-0.1, -0.05) is 17.3 Å². The van der Waals surface area contributed by atoms with Crippen molar-refractivity contribution in [3.63, 3.8) is 0 Å². The zero-order valence-corrected chi connectivity index (χ0v) is 10.7. The number of nitrogens with one attached hydrogen (secondary N) is 1. The molecular formula is C13H17N5O. The molecule has 6 heteroatoms. The van der Waals surface area contributed by atoms with E-state index in [1.165, 1.54) is 4.68 Å². The summed E-state index contributed by atoms with van der Waals surface area (Å²) >= 11 is 0. The van der Waals surface area contributed by atoms with E-state index >= 15 is 0 Å². The molecular weight excluding hydrogens is 242 g/mol. The van der Waals surface area contributed by atoms with E-state index in [-0.39, 0.29) is 5.56 Å². The SMILES string of the molecule is O=c1c2ccccc2nnn1CCN1CCNCC1. The maximum Gasteiger partial charge on any atom is 0.277 e. The molecule has 0 amide bonds. The Labute approximate surface area is 111 Å². The van der Waals surface area contributed by atoms with Gasteiger partial charge in [0.25, 0.3) is 5.56 Å². The maximum atomic E-state index is 12.2. The number of hydrogen-bond donors (Lipinski definition) is 1. The molecule has 1 aliphatic heterocycles. The van der Waals surface area contributed by atoms with Crippen molar-refractivity contribution >= 4 is 10.9 Å². The van der Waals surface area contributed by atoms with E-state index < -0.39 is 0 Å². The van der Waals surface area contributed by atoms with Crippen molar-refractivity contribution in [1.82, 2.24) is 25.2 Å². The lowest BCUT2D eigenvalue weighted by molar-refractivity contribution is 0.227. The van der Waals surface area contributed by atoms with E-state index in [4.69, 9.17) is 0 Å². The first kappa shape index (κ1) is 12.3. The fraction of sp³-hybridized carbons (Fsp3) is 0.462. The molecule has 1 aromatic heterocycles. The minimum Gasteiger partial charge on any atom is -0.314 e. The van der Waals surface area contributed by atoms with Crippen molar-refractivity contribution in [3.8, 4) is 0 Å². The largest absolute Gasteiger partial charge is 0.314 e. The van der Waals surface area contributed by atoms with Crippen molar-refractivity contribution in [3.05, 3.63) is 34.6 Å². The van der Waals surface area contributed by atoms with Crippen molar-refractivity contribution < 1.29 is 0 Å². The molecule has 6 nitrogen and oxygen atoms in total. The summed E-state index contributed by atoms with van der Waals surface area (Å²) in [6, 6.07) is 7.33. The summed E-state index contributed by atoms with van der Waals surface area (Å²) in [6.07, 6.45) is 0. The fourth-order valence-corrected chi connectivity index (χ4v) is 2.34. The van der Waals surface area contributed by atoms with Crippen LogP contribution in [0.15, 0.2) is 29.1 Å². The van der Waals surface area contributed by atoms with Gasteiger partial charge in [-0.2, -0.15) is 0 Å². The van der Waals surface area contributed by atoms with E-state index in [0.717, 1.165) is 32.7 Å². The monoisotopic (exact) mass is 259 g/mol. The zero-order valence-electron chi connectivity index (χ0n) is 10.7. The molecule has 3 rings (SSSR count). The Morgan fingerprint density at radius 1 is 1.16 bits per heavy atom. The van der Waals surface area contributed by atoms with E-state index in [1.54, 1.807) is 6.07 Å². The molecule has 19 heavy (non-hydrogen) atoms. The number of piperazine rings is 1. The van der Waals surface area contributed by atoms with Gasteiger partial charge in [0.15, 0.2) is 0 Å². The van der Waals surface area contributed by atoms with Gasteiger partial charge in [0.1, 0.15) is 5.52 Å². The van der Waals surface area contributed by atoms with Crippen LogP contribution in [-0.2, 0) is 6.54 Å². The summed E-state index contributed by atoms with van der Waals surface area (Å²) in [5.41, 5.74) is 0.603. The number of nitrogens with zero attached hydrogens (tertiary/aromatic N) is 4. The summed E-state index contributed by atoms with van der Waals surface area (Å²) in [7, 11) is 0. The lowest BCUT2D eigenvalue weighted by atomic mass is 10.2. The van der Waals surface area contributed by atoms with Gasteiger partial charge in [-0.15, -0.1) is 5.10 Å². The zero-order chi connectivity index (χ0) is 13.1. The Balaban J connectivity index is 1.77. The summed E-state index contributed by atoms with van der Waals surface area (Å²) in [6.45, 7) is 5.51. The fourth-order valence-electron chi connectivity index (χ4n) is 2.34. The van der Waals surface area contributed by atoms with E-state index in [1.807, 2.05) is 18.2 Å². The summed E-state index contributed by atoms with van der Waals surface area (Å²) in [4.78, 5) is 14.6. The van der Waals surface area contributed by atoms with Crippen LogP contribution in [0, 0.1) is 0 Å². The van der Waals surface area contributed by atoms with Gasteiger partial charge in [0.05, 0.1) is 11.9 Å². The Kier molecular flexibility index (Phi) is 3.52. The second kappa shape index (κ2) is 5.46. The second-order valence-electron chi connectivity index (χ2n) is 4.73. The van der Waals surface area contributed by atoms with Crippen LogP contribution in [-0.4, -0.2) is 52.6 Å². The molecule has 0 aliphatic carbocycles. The molecule has 100 valence electrons. The van der Waals surface area contributed by atoms with Crippen LogP contribution in [0.2, 0.25) is 0 Å². The van der Waals surface area contributed by atoms with Gasteiger partial charge in [0, 0.05) is 32.7 Å². The van der Waals surface area contributed by atoms with Gasteiger partial charge >= 0.3 is 0 Å². The van der Waals surface area contributed by atoms with Crippen molar-refractivity contribution in [2.24, 2.45) is 0 Å². The highest BCUT2D eigenvalue weighted by Gasteiger charge is 2.10. The van der Waals surface area contributed by atoms with Crippen molar-refractivity contribution in [2.75, 3.05) is 32.7 Å². The molecule has 0 unspecified atom stereocenters. The lowest BCUT2D eigenvalue weighted by Gasteiger charge is -2.26. The van der Waals surface area contributed by atoms with Gasteiger partial charge < -0.3 is 5.32 Å². The Morgan fingerprint density at radius 3 is 2.79 bits per heavy atom. The minimum absolute atomic E-state index is 0.0549. The third kappa shape index (κ3) is 2.64. The molecule has 1 aromatic carbocycles. The molecule has 0 spiro atoms. The molecule has 1 saturated heterocycles. The van der Waals surface area contributed by atoms with E-state index in [0.29, 0.717) is 17.4 Å². The molecule has 1 N–H and O–H groups in total. The van der Waals surface area contributed by atoms with E-state index in [2.05, 4.69) is 20.5 Å². The van der Waals surface area contributed by atoms with Crippen LogP contribution in [0.5, 0.6) is 0 Å². The van der Waals surface area contributed by atoms with Crippen molar-refractivity contribution in [1.29, 1.82) is 0 Å². The van der Waals surface area contributed by atoms with Gasteiger partial charge in [0.2, 0.25) is 0 Å². The number of benzene rings is 1. The first-order valence-corrected chi connectivity index (χ1v) is 6.60. The molecule has 0 atom stereocenters. The first-order chi connectivity index (χ1) is 9.34. The lowest BCUT2D eigenvalue weighted by Crippen LogP contribution is -2.45. The quantitative estimate of drug-likeness (QED) is 0.819. The average molecular weight is 259 g/mol. The van der Waals surface area contributed by atoms with Crippen LogP contribution >= 0.6 is 0 Å². The minimum atomic E-state index is -0.0549. The van der Waals surface area contributed by atoms with Crippen molar-refractivity contribution in [2.45, 2.75) is 6.54 Å². The summed E-state index contributed by atoms with van der Waals surface area (Å²) in [5, 5.41) is 12.0. The molecule has 2 heterocycles. The van der Waals surface area contributed by atoms with Crippen LogP contribution in [0.4, 0.5) is 0 Å². The summed E-state index contributed by atoms with van der Waals surface area (Å²) < 4.78 is 1.46. The predicted molar refractivity (Wildman–Crippen MR) is 73.1 cm³/mol. The van der Waals surface area contributed by atoms with Gasteiger partial charge in [-0.3, -0.25) is 9.69 Å². The predicted octanol–water partition coefficient (Wildman–Crippen LogP) is -0.303. The topological polar surface area (TPSA) is 63.1 Å². The Bertz CT molecular complexity index is 618. The summed E-state index contributed by atoms with van der Waals surface area (Å²) in [5.74, 6) is 0. The van der Waals surface area contributed by atoms with Crippen LogP contribution in [0.25, 0.3) is 10.9 Å². The molecule has 1 aliphatic rings. The third-order valence-corrected chi connectivity index (χ3v) is 3.47. The Hall–Kier alpha value is -1.79. The molecule has 0 saturated carbocycles. The first-order valence-electron chi connectivity index (χ1n) is 6.60. The molecule has 0 bridgehead atoms. The highest BCUT2D eigenvalue weighted by Crippen LogP contribution is 2.03. The molecule has 0 radical (unpaired) electrons. The molecule has 1 fully saturated rings. The standard InChI is InChI=1S/C13H17N5O/c19-13-11-3-1-2-4-12(11)15-16-18(13)10-9-17-7-5-14-6-8-17/h1-4,14H,5-10H2. The number of aromatic nitrogens is 3.